The van der Waals surface area contributed by atoms with Gasteiger partial charge in [0, 0.05) is 23.1 Å². The van der Waals surface area contributed by atoms with Gasteiger partial charge in [-0.15, -0.1) is 11.8 Å². The summed E-state index contributed by atoms with van der Waals surface area (Å²) in [5, 5.41) is 5.16. The van der Waals surface area contributed by atoms with Gasteiger partial charge in [0.15, 0.2) is 18.3 Å². The van der Waals surface area contributed by atoms with Crippen molar-refractivity contribution in [3.63, 3.8) is 0 Å². The van der Waals surface area contributed by atoms with Crippen LogP contribution in [0.15, 0.2) is 34.5 Å². The van der Waals surface area contributed by atoms with E-state index in [9.17, 15) is 0 Å². The number of nitrogens with one attached hydrogen (secondary N) is 2. The van der Waals surface area contributed by atoms with Gasteiger partial charge in [-0.2, -0.15) is 0 Å². The molecule has 4 N–H and O–H groups in total. The Morgan fingerprint density at radius 3 is 3.00 bits per heavy atom. The fraction of sp³-hybridized carbons (Fsp3) is 0.579. The van der Waals surface area contributed by atoms with Gasteiger partial charge < -0.3 is 20.8 Å². The van der Waals surface area contributed by atoms with Crippen LogP contribution in [0.3, 0.4) is 0 Å². The second-order valence-electron chi connectivity index (χ2n) is 7.12. The minimum atomic E-state index is 0.0125. The molecule has 1 aromatic rings. The Morgan fingerprint density at radius 1 is 1.36 bits per heavy atom. The summed E-state index contributed by atoms with van der Waals surface area (Å²) < 4.78 is 5.90. The summed E-state index contributed by atoms with van der Waals surface area (Å²) in [6.45, 7) is 1.51. The molecule has 1 atom stereocenters. The Balaban J connectivity index is 1.46. The van der Waals surface area contributed by atoms with Gasteiger partial charge in [0.1, 0.15) is 0 Å². The highest BCUT2D eigenvalue weighted by atomic mass is 32.2. The number of thioether (sulfide) groups is 1. The van der Waals surface area contributed by atoms with Crippen molar-refractivity contribution in [3.05, 3.63) is 29.5 Å². The van der Waals surface area contributed by atoms with E-state index in [1.165, 1.54) is 42.7 Å². The third-order valence-corrected chi connectivity index (χ3v) is 6.57. The van der Waals surface area contributed by atoms with Crippen LogP contribution in [0.4, 0.5) is 5.82 Å². The van der Waals surface area contributed by atoms with Crippen LogP contribution in [0.2, 0.25) is 0 Å². The molecule has 0 amide bonds. The van der Waals surface area contributed by atoms with E-state index < -0.39 is 0 Å². The molecule has 4 rings (SSSR count). The van der Waals surface area contributed by atoms with Crippen LogP contribution < -0.4 is 20.7 Å². The van der Waals surface area contributed by atoms with Crippen LogP contribution in [0.1, 0.15) is 38.5 Å². The Kier molecular flexibility index (Phi) is 5.10. The van der Waals surface area contributed by atoms with Gasteiger partial charge in [-0.1, -0.05) is 19.3 Å². The molecule has 25 heavy (non-hydrogen) atoms. The van der Waals surface area contributed by atoms with Gasteiger partial charge in [-0.25, -0.2) is 0 Å². The Labute approximate surface area is 154 Å². The van der Waals surface area contributed by atoms with E-state index in [4.69, 9.17) is 10.5 Å². The number of hydrogen-bond acceptors (Lipinski definition) is 5. The zero-order valence-corrected chi connectivity index (χ0v) is 15.7. The third-order valence-electron chi connectivity index (χ3n) is 5.29. The van der Waals surface area contributed by atoms with Crippen molar-refractivity contribution in [1.29, 1.82) is 0 Å². The SMILES string of the molecule is CNCCC1=CC(N2COc3cc(SC4CCCCC4)[nH]c32)=CC1N. The normalized spacial score (nSPS) is 23.4. The van der Waals surface area contributed by atoms with Crippen molar-refractivity contribution in [2.75, 3.05) is 25.2 Å². The second kappa shape index (κ2) is 7.48. The first-order chi connectivity index (χ1) is 12.2. The van der Waals surface area contributed by atoms with Crippen molar-refractivity contribution in [2.24, 2.45) is 5.73 Å². The number of ether oxygens (including phenoxy) is 1. The molecule has 2 heterocycles. The first-order valence-corrected chi connectivity index (χ1v) is 10.2. The molecule has 136 valence electrons. The lowest BCUT2D eigenvalue weighted by atomic mass is 10.0. The number of rotatable bonds is 6. The molecule has 6 heteroatoms. The molecule has 3 aliphatic rings. The van der Waals surface area contributed by atoms with Crippen LogP contribution >= 0.6 is 11.8 Å². The molecule has 0 radical (unpaired) electrons. The standard InChI is InChI=1S/C19H28N4OS/c1-21-8-7-13-9-14(10-16(13)20)23-12-24-17-11-18(22-19(17)23)25-15-5-3-2-4-6-15/h9-11,15-16,21-22H,2-8,12,20H2,1H3. The summed E-state index contributed by atoms with van der Waals surface area (Å²) in [6.07, 6.45) is 12.1. The molecule has 1 unspecified atom stereocenters. The molecule has 0 spiro atoms. The highest BCUT2D eigenvalue weighted by molar-refractivity contribution is 7.99. The lowest BCUT2D eigenvalue weighted by Crippen LogP contribution is -2.22. The summed E-state index contributed by atoms with van der Waals surface area (Å²) in [7, 11) is 1.97. The summed E-state index contributed by atoms with van der Waals surface area (Å²) >= 11 is 1.98. The largest absolute Gasteiger partial charge is 0.469 e. The van der Waals surface area contributed by atoms with Gasteiger partial charge in [0.2, 0.25) is 0 Å². The maximum atomic E-state index is 6.27. The third kappa shape index (κ3) is 3.61. The fourth-order valence-electron chi connectivity index (χ4n) is 3.84. The Morgan fingerprint density at radius 2 is 2.20 bits per heavy atom. The monoisotopic (exact) mass is 360 g/mol. The van der Waals surface area contributed by atoms with E-state index >= 15 is 0 Å². The number of nitrogens with two attached hydrogens (primary N) is 1. The van der Waals surface area contributed by atoms with Crippen LogP contribution in [0.5, 0.6) is 5.75 Å². The zero-order valence-electron chi connectivity index (χ0n) is 14.9. The number of anilines is 1. The smallest absolute Gasteiger partial charge is 0.167 e. The van der Waals surface area contributed by atoms with Gasteiger partial charge in [0.25, 0.3) is 0 Å². The first-order valence-electron chi connectivity index (χ1n) is 9.37. The molecule has 1 fully saturated rings. The molecular weight excluding hydrogens is 332 g/mol. The number of aromatic amines is 1. The van der Waals surface area contributed by atoms with Crippen LogP contribution in [0.25, 0.3) is 0 Å². The average molecular weight is 361 g/mol. The number of hydrogen-bond donors (Lipinski definition) is 3. The summed E-state index contributed by atoms with van der Waals surface area (Å²) in [4.78, 5) is 5.78. The van der Waals surface area contributed by atoms with Crippen molar-refractivity contribution in [3.8, 4) is 5.75 Å². The van der Waals surface area contributed by atoms with Gasteiger partial charge in [0.05, 0.1) is 5.03 Å². The highest BCUT2D eigenvalue weighted by Gasteiger charge is 2.29. The van der Waals surface area contributed by atoms with Crippen molar-refractivity contribution in [2.45, 2.75) is 54.8 Å². The van der Waals surface area contributed by atoms with Gasteiger partial charge in [-0.05, 0) is 50.6 Å². The Bertz CT molecular complexity index is 675. The second-order valence-corrected chi connectivity index (χ2v) is 8.46. The maximum absolute atomic E-state index is 6.27. The number of allylic oxidation sites excluding steroid dienone is 1. The molecule has 0 saturated heterocycles. The highest BCUT2D eigenvalue weighted by Crippen LogP contribution is 2.43. The minimum Gasteiger partial charge on any atom is -0.469 e. The molecule has 0 aromatic carbocycles. The molecule has 1 saturated carbocycles. The van der Waals surface area contributed by atoms with E-state index in [-0.39, 0.29) is 6.04 Å². The quantitative estimate of drug-likeness (QED) is 0.726. The molecule has 5 nitrogen and oxygen atoms in total. The predicted molar refractivity (Wildman–Crippen MR) is 104 cm³/mol. The van der Waals surface area contributed by atoms with E-state index in [1.807, 2.05) is 18.8 Å². The Hall–Kier alpha value is -1.37. The molecule has 1 aromatic heterocycles. The van der Waals surface area contributed by atoms with E-state index in [2.05, 4.69) is 33.4 Å². The van der Waals surface area contributed by atoms with E-state index in [1.54, 1.807) is 0 Å². The molecular formula is C19H28N4OS. The van der Waals surface area contributed by atoms with Gasteiger partial charge >= 0.3 is 0 Å². The summed E-state index contributed by atoms with van der Waals surface area (Å²) in [5.41, 5.74) is 8.70. The number of H-pyrrole nitrogens is 1. The summed E-state index contributed by atoms with van der Waals surface area (Å²) in [5.74, 6) is 2.03. The van der Waals surface area contributed by atoms with Crippen LogP contribution in [-0.4, -0.2) is 36.6 Å². The zero-order chi connectivity index (χ0) is 17.2. The molecule has 2 aliphatic carbocycles. The predicted octanol–water partition coefficient (Wildman–Crippen LogP) is 3.36. The number of fused-ring (bicyclic) bond motifs is 1. The molecule has 1 aliphatic heterocycles. The fourth-order valence-corrected chi connectivity index (χ4v) is 5.10. The number of aromatic nitrogens is 1. The topological polar surface area (TPSA) is 66.3 Å². The van der Waals surface area contributed by atoms with Crippen molar-refractivity contribution < 1.29 is 4.74 Å². The van der Waals surface area contributed by atoms with Gasteiger partial charge in [-0.3, -0.25) is 4.90 Å². The first kappa shape index (κ1) is 17.1. The molecule has 0 bridgehead atoms. The lowest BCUT2D eigenvalue weighted by Gasteiger charge is -2.20. The minimum absolute atomic E-state index is 0.0125. The average Bonchev–Trinajstić information content (AvgIpc) is 3.28. The van der Waals surface area contributed by atoms with Crippen LogP contribution in [0, 0.1) is 0 Å². The summed E-state index contributed by atoms with van der Waals surface area (Å²) in [6, 6.07) is 2.17. The van der Waals surface area contributed by atoms with Crippen molar-refractivity contribution >= 4 is 17.6 Å². The number of nitrogens with zero attached hydrogens (tertiary/aromatic N) is 1. The van der Waals surface area contributed by atoms with Crippen LogP contribution in [-0.2, 0) is 0 Å². The van der Waals surface area contributed by atoms with E-state index in [0.717, 1.165) is 35.5 Å². The van der Waals surface area contributed by atoms with E-state index in [0.29, 0.717) is 6.73 Å². The van der Waals surface area contributed by atoms with Crippen molar-refractivity contribution in [1.82, 2.24) is 10.3 Å². The maximum Gasteiger partial charge on any atom is 0.167 e. The lowest BCUT2D eigenvalue weighted by molar-refractivity contribution is 0.354.